The van der Waals surface area contributed by atoms with Crippen LogP contribution in [0.25, 0.3) is 0 Å². The van der Waals surface area contributed by atoms with Gasteiger partial charge in [-0.15, -0.1) is 0 Å². The molecular weight excluding hydrogens is 287 g/mol. The summed E-state index contributed by atoms with van der Waals surface area (Å²) in [4.78, 5) is 11.6. The van der Waals surface area contributed by atoms with Crippen LogP contribution in [0.1, 0.15) is 19.4 Å². The largest absolute Gasteiger partial charge is 0.351 e. The van der Waals surface area contributed by atoms with E-state index in [1.54, 1.807) is 12.1 Å². The molecule has 1 unspecified atom stereocenters. The van der Waals surface area contributed by atoms with Crippen molar-refractivity contribution in [3.63, 3.8) is 0 Å². The number of carbonyl (C=O) groups is 1. The smallest absolute Gasteiger partial charge is 0.237 e. The Balaban J connectivity index is 2.61. The number of halogens is 2. The first-order valence-electron chi connectivity index (χ1n) is 5.39. The summed E-state index contributed by atoms with van der Waals surface area (Å²) in [5, 5.41) is 2.62. The van der Waals surface area contributed by atoms with Gasteiger partial charge in [0.05, 0.1) is 6.04 Å². The minimum atomic E-state index is -0.565. The van der Waals surface area contributed by atoms with Crippen LogP contribution in [-0.2, 0) is 11.3 Å². The lowest BCUT2D eigenvalue weighted by molar-refractivity contribution is -0.123. The van der Waals surface area contributed by atoms with E-state index in [0.29, 0.717) is 5.56 Å². The first-order valence-corrected chi connectivity index (χ1v) is 6.18. The molecule has 17 heavy (non-hydrogen) atoms. The van der Waals surface area contributed by atoms with Gasteiger partial charge in [-0.3, -0.25) is 4.79 Å². The van der Waals surface area contributed by atoms with E-state index < -0.39 is 6.04 Å². The molecule has 0 aromatic heterocycles. The molecule has 1 aromatic rings. The number of benzene rings is 1. The molecule has 0 bridgehead atoms. The van der Waals surface area contributed by atoms with Gasteiger partial charge in [-0.1, -0.05) is 29.8 Å². The van der Waals surface area contributed by atoms with Crippen molar-refractivity contribution in [3.05, 3.63) is 34.1 Å². The predicted molar refractivity (Wildman–Crippen MR) is 68.8 cm³/mol. The number of rotatable bonds is 4. The molecule has 0 aliphatic heterocycles. The highest BCUT2D eigenvalue weighted by Crippen LogP contribution is 2.15. The maximum Gasteiger partial charge on any atom is 0.237 e. The third-order valence-corrected chi connectivity index (χ3v) is 2.98. The molecule has 1 amide bonds. The van der Waals surface area contributed by atoms with Crippen LogP contribution < -0.4 is 11.1 Å². The maximum atomic E-state index is 13.4. The van der Waals surface area contributed by atoms with Gasteiger partial charge in [0, 0.05) is 16.6 Å². The van der Waals surface area contributed by atoms with Crippen molar-refractivity contribution in [2.75, 3.05) is 0 Å². The van der Waals surface area contributed by atoms with E-state index in [1.165, 1.54) is 6.07 Å². The minimum Gasteiger partial charge on any atom is -0.351 e. The minimum absolute atomic E-state index is 0.0577. The van der Waals surface area contributed by atoms with Crippen LogP contribution in [0.4, 0.5) is 4.39 Å². The Hall–Kier alpha value is -0.940. The van der Waals surface area contributed by atoms with Crippen molar-refractivity contribution in [1.82, 2.24) is 5.32 Å². The third-order valence-electron chi connectivity index (χ3n) is 2.48. The van der Waals surface area contributed by atoms with Gasteiger partial charge < -0.3 is 11.1 Å². The summed E-state index contributed by atoms with van der Waals surface area (Å²) in [7, 11) is 0. The molecule has 0 fully saturated rings. The molecule has 94 valence electrons. The molecule has 1 atom stereocenters. The van der Waals surface area contributed by atoms with Gasteiger partial charge in [0.15, 0.2) is 0 Å². The summed E-state index contributed by atoms with van der Waals surface area (Å²) in [6, 6.07) is 4.04. The Kier molecular flexibility index (Phi) is 5.08. The summed E-state index contributed by atoms with van der Waals surface area (Å²) in [6.07, 6.45) is 0. The SMILES string of the molecule is CC(C)C(N)C(=O)NCc1cc(Br)ccc1F. The molecule has 0 spiro atoms. The zero-order valence-corrected chi connectivity index (χ0v) is 11.4. The fraction of sp³-hybridized carbons (Fsp3) is 0.417. The van der Waals surface area contributed by atoms with Gasteiger partial charge in [0.25, 0.3) is 0 Å². The van der Waals surface area contributed by atoms with Crippen molar-refractivity contribution < 1.29 is 9.18 Å². The van der Waals surface area contributed by atoms with E-state index in [2.05, 4.69) is 21.2 Å². The summed E-state index contributed by atoms with van der Waals surface area (Å²) in [5.74, 6) is -0.548. The molecule has 0 aliphatic carbocycles. The Bertz CT molecular complexity index is 409. The number of hydrogen-bond acceptors (Lipinski definition) is 2. The molecule has 0 saturated carbocycles. The molecule has 0 heterocycles. The van der Waals surface area contributed by atoms with Crippen molar-refractivity contribution in [3.8, 4) is 0 Å². The average Bonchev–Trinajstić information content (AvgIpc) is 2.28. The van der Waals surface area contributed by atoms with Crippen molar-refractivity contribution in [2.45, 2.75) is 26.4 Å². The highest BCUT2D eigenvalue weighted by molar-refractivity contribution is 9.10. The fourth-order valence-corrected chi connectivity index (χ4v) is 1.69. The zero-order chi connectivity index (χ0) is 13.0. The molecule has 1 aromatic carbocycles. The number of nitrogens with one attached hydrogen (secondary N) is 1. The van der Waals surface area contributed by atoms with Gasteiger partial charge in [0.2, 0.25) is 5.91 Å². The first-order chi connectivity index (χ1) is 7.91. The van der Waals surface area contributed by atoms with Crippen molar-refractivity contribution >= 4 is 21.8 Å². The van der Waals surface area contributed by atoms with Gasteiger partial charge in [-0.05, 0) is 24.1 Å². The molecule has 3 nitrogen and oxygen atoms in total. The number of nitrogens with two attached hydrogens (primary N) is 1. The van der Waals surface area contributed by atoms with Crippen molar-refractivity contribution in [1.29, 1.82) is 0 Å². The quantitative estimate of drug-likeness (QED) is 0.896. The third kappa shape index (κ3) is 4.09. The molecule has 0 radical (unpaired) electrons. The van der Waals surface area contributed by atoms with E-state index in [4.69, 9.17) is 5.73 Å². The molecular formula is C12H16BrFN2O. The molecule has 5 heteroatoms. The van der Waals surface area contributed by atoms with E-state index in [1.807, 2.05) is 13.8 Å². The highest BCUT2D eigenvalue weighted by atomic mass is 79.9. The van der Waals surface area contributed by atoms with E-state index >= 15 is 0 Å². The van der Waals surface area contributed by atoms with Crippen molar-refractivity contribution in [2.24, 2.45) is 11.7 Å². The van der Waals surface area contributed by atoms with E-state index in [0.717, 1.165) is 4.47 Å². The first kappa shape index (κ1) is 14.1. The lowest BCUT2D eigenvalue weighted by Gasteiger charge is -2.15. The summed E-state index contributed by atoms with van der Waals surface area (Å²) >= 11 is 3.25. The van der Waals surface area contributed by atoms with E-state index in [9.17, 15) is 9.18 Å². The molecule has 0 aliphatic rings. The summed E-state index contributed by atoms with van der Waals surface area (Å²) < 4.78 is 14.2. The fourth-order valence-electron chi connectivity index (χ4n) is 1.28. The van der Waals surface area contributed by atoms with Gasteiger partial charge in [-0.25, -0.2) is 4.39 Å². The lowest BCUT2D eigenvalue weighted by atomic mass is 10.0. The number of amides is 1. The maximum absolute atomic E-state index is 13.4. The van der Waals surface area contributed by atoms with Crippen LogP contribution in [-0.4, -0.2) is 11.9 Å². The van der Waals surface area contributed by atoms with Gasteiger partial charge in [0.1, 0.15) is 5.82 Å². The second-order valence-corrected chi connectivity index (χ2v) is 5.14. The van der Waals surface area contributed by atoms with Crippen LogP contribution in [0.2, 0.25) is 0 Å². The Morgan fingerprint density at radius 2 is 2.18 bits per heavy atom. The zero-order valence-electron chi connectivity index (χ0n) is 9.84. The van der Waals surface area contributed by atoms with Crippen LogP contribution in [0.5, 0.6) is 0 Å². The second kappa shape index (κ2) is 6.12. The average molecular weight is 303 g/mol. The monoisotopic (exact) mass is 302 g/mol. The Morgan fingerprint density at radius 1 is 1.53 bits per heavy atom. The normalized spacial score (nSPS) is 12.6. The summed E-state index contributed by atoms with van der Waals surface area (Å²) in [6.45, 7) is 3.87. The van der Waals surface area contributed by atoms with Gasteiger partial charge in [-0.2, -0.15) is 0 Å². The van der Waals surface area contributed by atoms with E-state index in [-0.39, 0.29) is 24.2 Å². The lowest BCUT2D eigenvalue weighted by Crippen LogP contribution is -2.43. The van der Waals surface area contributed by atoms with Crippen LogP contribution >= 0.6 is 15.9 Å². The molecule has 1 rings (SSSR count). The van der Waals surface area contributed by atoms with Gasteiger partial charge >= 0.3 is 0 Å². The topological polar surface area (TPSA) is 55.1 Å². The Labute approximate surface area is 109 Å². The second-order valence-electron chi connectivity index (χ2n) is 4.22. The molecule has 0 saturated heterocycles. The highest BCUT2D eigenvalue weighted by Gasteiger charge is 2.17. The number of carbonyl (C=O) groups excluding carboxylic acids is 1. The van der Waals surface area contributed by atoms with Crippen LogP contribution in [0.3, 0.4) is 0 Å². The summed E-state index contributed by atoms with van der Waals surface area (Å²) in [5.41, 5.74) is 6.11. The Morgan fingerprint density at radius 3 is 2.76 bits per heavy atom. The van der Waals surface area contributed by atoms with Crippen LogP contribution in [0.15, 0.2) is 22.7 Å². The van der Waals surface area contributed by atoms with Crippen LogP contribution in [0, 0.1) is 11.7 Å². The number of hydrogen-bond donors (Lipinski definition) is 2. The molecule has 3 N–H and O–H groups in total. The predicted octanol–water partition coefficient (Wildman–Crippen LogP) is 2.19. The standard InChI is InChI=1S/C12H16BrFN2O/c1-7(2)11(15)12(17)16-6-8-5-9(13)3-4-10(8)14/h3-5,7,11H,6,15H2,1-2H3,(H,16,17).